The van der Waals surface area contributed by atoms with Crippen molar-refractivity contribution in [3.05, 3.63) is 66.6 Å². The van der Waals surface area contributed by atoms with Crippen LogP contribution in [0.15, 0.2) is 55.2 Å². The number of pyridine rings is 1. The molecule has 0 bridgehead atoms. The van der Waals surface area contributed by atoms with Crippen molar-refractivity contribution < 1.29 is 4.74 Å². The zero-order valence-corrected chi connectivity index (χ0v) is 16.9. The first-order valence-corrected chi connectivity index (χ1v) is 9.29. The molecule has 28 heavy (non-hydrogen) atoms. The molecule has 4 rings (SSSR count). The molecule has 0 aliphatic rings. The van der Waals surface area contributed by atoms with Gasteiger partial charge in [0.15, 0.2) is 5.65 Å². The summed E-state index contributed by atoms with van der Waals surface area (Å²) in [5, 5.41) is 3.48. The third kappa shape index (κ3) is 3.33. The Labute approximate surface area is 164 Å². The average Bonchev–Trinajstić information content (AvgIpc) is 3.28. The summed E-state index contributed by atoms with van der Waals surface area (Å²) in [6.45, 7) is 8.48. The van der Waals surface area contributed by atoms with E-state index in [9.17, 15) is 0 Å². The van der Waals surface area contributed by atoms with Gasteiger partial charge in [0.1, 0.15) is 5.75 Å². The van der Waals surface area contributed by atoms with E-state index in [0.717, 1.165) is 39.8 Å². The Balaban J connectivity index is 1.70. The highest BCUT2D eigenvalue weighted by atomic mass is 16.5. The summed E-state index contributed by atoms with van der Waals surface area (Å²) in [5.41, 5.74) is 5.76. The van der Waals surface area contributed by atoms with Crippen LogP contribution in [0.5, 0.6) is 5.75 Å². The number of anilines is 2. The van der Waals surface area contributed by atoms with Gasteiger partial charge < -0.3 is 19.0 Å². The lowest BCUT2D eigenvalue weighted by Crippen LogP contribution is -2.11. The first-order valence-electron chi connectivity index (χ1n) is 9.29. The minimum Gasteiger partial charge on any atom is -0.494 e. The van der Waals surface area contributed by atoms with Crippen molar-refractivity contribution in [3.63, 3.8) is 0 Å². The number of nitrogens with zero attached hydrogens (tertiary/aromatic N) is 4. The maximum atomic E-state index is 5.61. The SMILES string of the molecule is COc1cc(Nc2cccn3cc(C(C)(C)C)nc23)ccc1-n1cnc(C)c1. The molecule has 0 spiro atoms. The second kappa shape index (κ2) is 6.71. The van der Waals surface area contributed by atoms with Gasteiger partial charge in [-0.2, -0.15) is 0 Å². The van der Waals surface area contributed by atoms with E-state index in [4.69, 9.17) is 9.72 Å². The normalized spacial score (nSPS) is 11.8. The van der Waals surface area contributed by atoms with E-state index >= 15 is 0 Å². The lowest BCUT2D eigenvalue weighted by atomic mass is 9.93. The van der Waals surface area contributed by atoms with Gasteiger partial charge in [-0.25, -0.2) is 9.97 Å². The Hall–Kier alpha value is -3.28. The minimum atomic E-state index is -0.00289. The molecule has 0 radical (unpaired) electrons. The molecule has 3 aromatic heterocycles. The van der Waals surface area contributed by atoms with Gasteiger partial charge in [-0.15, -0.1) is 0 Å². The fourth-order valence-corrected chi connectivity index (χ4v) is 3.15. The van der Waals surface area contributed by atoms with Crippen molar-refractivity contribution in [2.24, 2.45) is 0 Å². The fraction of sp³-hybridized carbons (Fsp3) is 0.273. The van der Waals surface area contributed by atoms with Gasteiger partial charge in [-0.3, -0.25) is 0 Å². The Morgan fingerprint density at radius 2 is 1.93 bits per heavy atom. The van der Waals surface area contributed by atoms with Crippen LogP contribution in [0.4, 0.5) is 11.4 Å². The van der Waals surface area contributed by atoms with E-state index in [1.54, 1.807) is 13.4 Å². The highest BCUT2D eigenvalue weighted by Gasteiger charge is 2.18. The number of aryl methyl sites for hydroxylation is 1. The number of fused-ring (bicyclic) bond motifs is 1. The Kier molecular flexibility index (Phi) is 4.34. The number of aromatic nitrogens is 4. The first kappa shape index (κ1) is 18.1. The summed E-state index contributed by atoms with van der Waals surface area (Å²) < 4.78 is 9.63. The third-order valence-electron chi connectivity index (χ3n) is 4.70. The fourth-order valence-electron chi connectivity index (χ4n) is 3.15. The summed E-state index contributed by atoms with van der Waals surface area (Å²) in [6.07, 6.45) is 7.88. The van der Waals surface area contributed by atoms with Crippen LogP contribution >= 0.6 is 0 Å². The number of hydrogen-bond donors (Lipinski definition) is 1. The molecule has 6 heteroatoms. The molecule has 0 saturated heterocycles. The first-order chi connectivity index (χ1) is 13.3. The van der Waals surface area contributed by atoms with Crippen molar-refractivity contribution in [2.45, 2.75) is 33.1 Å². The van der Waals surface area contributed by atoms with Gasteiger partial charge in [0.05, 0.1) is 36.2 Å². The molecule has 6 nitrogen and oxygen atoms in total. The molecule has 0 saturated carbocycles. The van der Waals surface area contributed by atoms with Crippen LogP contribution in [0.1, 0.15) is 32.2 Å². The van der Waals surface area contributed by atoms with Crippen LogP contribution in [0.3, 0.4) is 0 Å². The number of ether oxygens (including phenoxy) is 1. The molecule has 0 amide bonds. The molecule has 0 atom stereocenters. The van der Waals surface area contributed by atoms with Gasteiger partial charge in [0.2, 0.25) is 0 Å². The van der Waals surface area contributed by atoms with Crippen LogP contribution in [0.2, 0.25) is 0 Å². The van der Waals surface area contributed by atoms with E-state index in [1.807, 2.05) is 54.2 Å². The van der Waals surface area contributed by atoms with Crippen molar-refractivity contribution in [3.8, 4) is 11.4 Å². The van der Waals surface area contributed by atoms with Crippen LogP contribution < -0.4 is 10.1 Å². The largest absolute Gasteiger partial charge is 0.494 e. The number of benzene rings is 1. The number of imidazole rings is 2. The summed E-state index contributed by atoms with van der Waals surface area (Å²) in [6, 6.07) is 10.1. The maximum Gasteiger partial charge on any atom is 0.160 e. The summed E-state index contributed by atoms with van der Waals surface area (Å²) in [7, 11) is 1.68. The smallest absolute Gasteiger partial charge is 0.160 e. The van der Waals surface area contributed by atoms with E-state index in [-0.39, 0.29) is 5.41 Å². The highest BCUT2D eigenvalue weighted by Crippen LogP contribution is 2.30. The van der Waals surface area contributed by atoms with Gasteiger partial charge in [-0.05, 0) is 31.2 Å². The Morgan fingerprint density at radius 3 is 2.61 bits per heavy atom. The maximum absolute atomic E-state index is 5.61. The second-order valence-electron chi connectivity index (χ2n) is 7.96. The van der Waals surface area contributed by atoms with Gasteiger partial charge >= 0.3 is 0 Å². The zero-order valence-electron chi connectivity index (χ0n) is 16.9. The molecular formula is C22H25N5O. The molecule has 0 aliphatic heterocycles. The number of nitrogens with one attached hydrogen (secondary N) is 1. The van der Waals surface area contributed by atoms with Crippen molar-refractivity contribution in [2.75, 3.05) is 12.4 Å². The Bertz CT molecular complexity index is 1130. The van der Waals surface area contributed by atoms with Crippen LogP contribution in [0, 0.1) is 6.92 Å². The van der Waals surface area contributed by atoms with Crippen molar-refractivity contribution in [1.29, 1.82) is 0 Å². The van der Waals surface area contributed by atoms with Gasteiger partial charge in [-0.1, -0.05) is 20.8 Å². The molecule has 1 N–H and O–H groups in total. The minimum absolute atomic E-state index is 0.00289. The molecule has 0 fully saturated rings. The monoisotopic (exact) mass is 375 g/mol. The zero-order chi connectivity index (χ0) is 19.9. The molecular weight excluding hydrogens is 350 g/mol. The average molecular weight is 375 g/mol. The summed E-state index contributed by atoms with van der Waals surface area (Å²) in [5.74, 6) is 0.771. The molecule has 0 aliphatic carbocycles. The second-order valence-corrected chi connectivity index (χ2v) is 7.96. The van der Waals surface area contributed by atoms with Gasteiger partial charge in [0, 0.05) is 35.8 Å². The van der Waals surface area contributed by atoms with Gasteiger partial charge in [0.25, 0.3) is 0 Å². The van der Waals surface area contributed by atoms with Crippen LogP contribution in [-0.2, 0) is 5.41 Å². The predicted molar refractivity (Wildman–Crippen MR) is 112 cm³/mol. The third-order valence-corrected chi connectivity index (χ3v) is 4.70. The van der Waals surface area contributed by atoms with E-state index in [1.165, 1.54) is 0 Å². The number of rotatable bonds is 4. The standard InChI is InChI=1S/C22H25N5O/c1-15-12-27(14-23-15)18-9-8-16(11-19(18)28-5)24-17-7-6-10-26-13-20(22(2,3)4)25-21(17)26/h6-14,24H,1-5H3. The van der Waals surface area contributed by atoms with E-state index < -0.39 is 0 Å². The molecule has 0 unspecified atom stereocenters. The highest BCUT2D eigenvalue weighted by molar-refractivity contribution is 5.75. The lowest BCUT2D eigenvalue weighted by Gasteiger charge is -2.14. The van der Waals surface area contributed by atoms with E-state index in [2.05, 4.69) is 41.7 Å². The number of methoxy groups -OCH3 is 1. The van der Waals surface area contributed by atoms with E-state index in [0.29, 0.717) is 0 Å². The molecule has 1 aromatic carbocycles. The Morgan fingerprint density at radius 1 is 1.11 bits per heavy atom. The summed E-state index contributed by atoms with van der Waals surface area (Å²) >= 11 is 0. The van der Waals surface area contributed by atoms with Crippen molar-refractivity contribution >= 4 is 17.0 Å². The van der Waals surface area contributed by atoms with Crippen molar-refractivity contribution in [1.82, 2.24) is 18.9 Å². The quantitative estimate of drug-likeness (QED) is 0.552. The lowest BCUT2D eigenvalue weighted by molar-refractivity contribution is 0.413. The summed E-state index contributed by atoms with van der Waals surface area (Å²) in [4.78, 5) is 9.14. The molecule has 144 valence electrons. The molecule has 4 aromatic rings. The van der Waals surface area contributed by atoms with Crippen LogP contribution in [-0.4, -0.2) is 26.0 Å². The predicted octanol–water partition coefficient (Wildman–Crippen LogP) is 4.88. The van der Waals surface area contributed by atoms with Crippen LogP contribution in [0.25, 0.3) is 11.3 Å². The number of hydrogen-bond acceptors (Lipinski definition) is 4. The topological polar surface area (TPSA) is 56.4 Å². The molecule has 3 heterocycles.